The molecule has 17 heavy (non-hydrogen) atoms. The summed E-state index contributed by atoms with van der Waals surface area (Å²) in [7, 11) is 0. The number of aldehydes is 1. The second-order valence-electron chi connectivity index (χ2n) is 4.50. The second-order valence-corrected chi connectivity index (χ2v) is 4.50. The largest absolute Gasteiger partial charge is 0.303 e. The fourth-order valence-corrected chi connectivity index (χ4v) is 1.89. The van der Waals surface area contributed by atoms with E-state index < -0.39 is 0 Å². The first-order valence-electron chi connectivity index (χ1n) is 6.64. The van der Waals surface area contributed by atoms with E-state index >= 15 is 0 Å². The van der Waals surface area contributed by atoms with Crippen molar-refractivity contribution in [3.63, 3.8) is 0 Å². The third-order valence-electron chi connectivity index (χ3n) is 3.15. The van der Waals surface area contributed by atoms with Gasteiger partial charge in [0.15, 0.2) is 0 Å². The van der Waals surface area contributed by atoms with Crippen molar-refractivity contribution in [1.82, 2.24) is 15.0 Å². The van der Waals surface area contributed by atoms with E-state index in [-0.39, 0.29) is 5.92 Å². The lowest BCUT2D eigenvalue weighted by molar-refractivity contribution is -0.111. The zero-order valence-electron chi connectivity index (χ0n) is 10.9. The molecule has 4 heteroatoms. The smallest absolute Gasteiger partial charge is 0.123 e. The van der Waals surface area contributed by atoms with Crippen LogP contribution in [0.1, 0.15) is 51.6 Å². The molecule has 1 rings (SSSR count). The predicted octanol–water partition coefficient (Wildman–Crippen LogP) is 2.63. The van der Waals surface area contributed by atoms with Crippen molar-refractivity contribution in [2.24, 2.45) is 5.92 Å². The zero-order valence-corrected chi connectivity index (χ0v) is 10.9. The van der Waals surface area contributed by atoms with E-state index in [1.807, 2.05) is 10.9 Å². The van der Waals surface area contributed by atoms with Gasteiger partial charge in [0.25, 0.3) is 0 Å². The summed E-state index contributed by atoms with van der Waals surface area (Å²) in [4.78, 5) is 10.7. The molecule has 1 unspecified atom stereocenters. The number of rotatable bonds is 9. The van der Waals surface area contributed by atoms with E-state index in [9.17, 15) is 4.79 Å². The van der Waals surface area contributed by atoms with Crippen LogP contribution in [-0.2, 0) is 17.8 Å². The second kappa shape index (κ2) is 7.98. The van der Waals surface area contributed by atoms with Crippen molar-refractivity contribution in [3.05, 3.63) is 11.9 Å². The number of hydrogen-bond donors (Lipinski definition) is 0. The maximum absolute atomic E-state index is 10.7. The molecule has 0 fully saturated rings. The summed E-state index contributed by atoms with van der Waals surface area (Å²) in [6.07, 6.45) is 9.23. The summed E-state index contributed by atoms with van der Waals surface area (Å²) in [5.74, 6) is 0.206. The highest BCUT2D eigenvalue weighted by Crippen LogP contribution is 2.10. The van der Waals surface area contributed by atoms with Gasteiger partial charge in [0, 0.05) is 12.5 Å². The minimum atomic E-state index is 0.206. The van der Waals surface area contributed by atoms with Gasteiger partial charge in [0.05, 0.1) is 11.9 Å². The Morgan fingerprint density at radius 3 is 2.88 bits per heavy atom. The Hall–Kier alpha value is -1.19. The standard InChI is InChI=1S/C13H23N3O/c1-3-5-8-13-10-14-15-16(13)9-6-7-12(4-2)11-17/h10-12H,3-9H2,1-2H3. The van der Waals surface area contributed by atoms with Crippen LogP contribution in [0.4, 0.5) is 0 Å². The van der Waals surface area contributed by atoms with Gasteiger partial charge >= 0.3 is 0 Å². The fourth-order valence-electron chi connectivity index (χ4n) is 1.89. The Kier molecular flexibility index (Phi) is 6.51. The molecule has 0 aliphatic carbocycles. The Morgan fingerprint density at radius 2 is 2.24 bits per heavy atom. The SMILES string of the molecule is CCCCc1cnnn1CCCC(C=O)CC. The topological polar surface area (TPSA) is 47.8 Å². The Morgan fingerprint density at radius 1 is 1.41 bits per heavy atom. The van der Waals surface area contributed by atoms with Crippen molar-refractivity contribution in [1.29, 1.82) is 0 Å². The van der Waals surface area contributed by atoms with Gasteiger partial charge < -0.3 is 4.79 Å². The molecule has 1 aromatic rings. The van der Waals surface area contributed by atoms with Crippen LogP contribution >= 0.6 is 0 Å². The molecule has 0 saturated carbocycles. The monoisotopic (exact) mass is 237 g/mol. The number of carbonyl (C=O) groups excluding carboxylic acids is 1. The molecule has 0 aromatic carbocycles. The molecule has 0 bridgehead atoms. The van der Waals surface area contributed by atoms with E-state index in [0.717, 1.165) is 38.5 Å². The third-order valence-corrected chi connectivity index (χ3v) is 3.15. The molecular formula is C13H23N3O. The van der Waals surface area contributed by atoms with Crippen LogP contribution in [-0.4, -0.2) is 21.3 Å². The number of aromatic nitrogens is 3. The molecule has 0 N–H and O–H groups in total. The van der Waals surface area contributed by atoms with Crippen LogP contribution in [0.25, 0.3) is 0 Å². The summed E-state index contributed by atoms with van der Waals surface area (Å²) >= 11 is 0. The molecular weight excluding hydrogens is 214 g/mol. The van der Waals surface area contributed by atoms with Crippen LogP contribution in [0.2, 0.25) is 0 Å². The van der Waals surface area contributed by atoms with E-state index in [4.69, 9.17) is 0 Å². The van der Waals surface area contributed by atoms with Crippen molar-refractivity contribution >= 4 is 6.29 Å². The van der Waals surface area contributed by atoms with Crippen molar-refractivity contribution in [2.75, 3.05) is 0 Å². The molecule has 4 nitrogen and oxygen atoms in total. The minimum absolute atomic E-state index is 0.206. The molecule has 0 aliphatic rings. The van der Waals surface area contributed by atoms with E-state index in [1.165, 1.54) is 18.5 Å². The Labute approximate surface area is 103 Å². The molecule has 0 saturated heterocycles. The average molecular weight is 237 g/mol. The van der Waals surface area contributed by atoms with Gasteiger partial charge in [-0.05, 0) is 32.1 Å². The first-order chi connectivity index (χ1) is 8.31. The lowest BCUT2D eigenvalue weighted by Crippen LogP contribution is -2.08. The van der Waals surface area contributed by atoms with Gasteiger partial charge in [-0.3, -0.25) is 0 Å². The van der Waals surface area contributed by atoms with Gasteiger partial charge in [-0.25, -0.2) is 4.68 Å². The summed E-state index contributed by atoms with van der Waals surface area (Å²) < 4.78 is 1.98. The Bertz CT molecular complexity index is 322. The first-order valence-corrected chi connectivity index (χ1v) is 6.64. The third kappa shape index (κ3) is 4.67. The zero-order chi connectivity index (χ0) is 12.5. The normalized spacial score (nSPS) is 12.6. The van der Waals surface area contributed by atoms with Crippen LogP contribution in [0.5, 0.6) is 0 Å². The molecule has 0 spiro atoms. The lowest BCUT2D eigenvalue weighted by atomic mass is 10.0. The maximum Gasteiger partial charge on any atom is 0.123 e. The van der Waals surface area contributed by atoms with Crippen LogP contribution in [0, 0.1) is 5.92 Å². The summed E-state index contributed by atoms with van der Waals surface area (Å²) in [5.41, 5.74) is 1.21. The first kappa shape index (κ1) is 13.9. The maximum atomic E-state index is 10.7. The van der Waals surface area contributed by atoms with Gasteiger partial charge in [0.2, 0.25) is 0 Å². The average Bonchev–Trinajstić information content (AvgIpc) is 2.79. The molecule has 0 radical (unpaired) electrons. The molecule has 1 atom stereocenters. The number of aryl methyl sites for hydroxylation is 2. The van der Waals surface area contributed by atoms with Crippen LogP contribution < -0.4 is 0 Å². The van der Waals surface area contributed by atoms with Crippen molar-refractivity contribution in [2.45, 2.75) is 58.9 Å². The highest BCUT2D eigenvalue weighted by molar-refractivity contribution is 5.53. The van der Waals surface area contributed by atoms with E-state index in [1.54, 1.807) is 0 Å². The number of carbonyl (C=O) groups is 1. The van der Waals surface area contributed by atoms with Crippen LogP contribution in [0.3, 0.4) is 0 Å². The molecule has 0 amide bonds. The van der Waals surface area contributed by atoms with E-state index in [0.29, 0.717) is 0 Å². The molecule has 0 aliphatic heterocycles. The number of unbranched alkanes of at least 4 members (excludes halogenated alkanes) is 1. The van der Waals surface area contributed by atoms with E-state index in [2.05, 4.69) is 24.2 Å². The molecule has 96 valence electrons. The predicted molar refractivity (Wildman–Crippen MR) is 67.7 cm³/mol. The van der Waals surface area contributed by atoms with Gasteiger partial charge in [0.1, 0.15) is 6.29 Å². The highest BCUT2D eigenvalue weighted by Gasteiger charge is 2.06. The summed E-state index contributed by atoms with van der Waals surface area (Å²) in [6.45, 7) is 5.12. The quantitative estimate of drug-likeness (QED) is 0.620. The van der Waals surface area contributed by atoms with Crippen molar-refractivity contribution < 1.29 is 4.79 Å². The highest BCUT2D eigenvalue weighted by atomic mass is 16.1. The minimum Gasteiger partial charge on any atom is -0.303 e. The van der Waals surface area contributed by atoms with Crippen LogP contribution in [0.15, 0.2) is 6.20 Å². The summed E-state index contributed by atoms with van der Waals surface area (Å²) in [6, 6.07) is 0. The number of nitrogens with zero attached hydrogens (tertiary/aromatic N) is 3. The molecule has 1 heterocycles. The summed E-state index contributed by atoms with van der Waals surface area (Å²) in [5, 5.41) is 8.05. The Balaban J connectivity index is 2.35. The van der Waals surface area contributed by atoms with Gasteiger partial charge in [-0.1, -0.05) is 25.5 Å². The van der Waals surface area contributed by atoms with Crippen molar-refractivity contribution in [3.8, 4) is 0 Å². The fraction of sp³-hybridized carbons (Fsp3) is 0.769. The molecule has 1 aromatic heterocycles. The van der Waals surface area contributed by atoms with Gasteiger partial charge in [-0.2, -0.15) is 0 Å². The van der Waals surface area contributed by atoms with Gasteiger partial charge in [-0.15, -0.1) is 5.10 Å². The lowest BCUT2D eigenvalue weighted by Gasteiger charge is -2.08. The number of hydrogen-bond acceptors (Lipinski definition) is 3.